The van der Waals surface area contributed by atoms with Crippen LogP contribution in [0.1, 0.15) is 23.9 Å². The van der Waals surface area contributed by atoms with Gasteiger partial charge < -0.3 is 5.32 Å². The van der Waals surface area contributed by atoms with Gasteiger partial charge in [-0.3, -0.25) is 24.8 Å². The minimum atomic E-state index is -1.17. The highest BCUT2D eigenvalue weighted by Crippen LogP contribution is 2.31. The smallest absolute Gasteiger partial charge is 0.318 e. The predicted molar refractivity (Wildman–Crippen MR) is 133 cm³/mol. The zero-order valence-electron chi connectivity index (χ0n) is 19.6. The van der Waals surface area contributed by atoms with E-state index in [4.69, 9.17) is 4.98 Å². The van der Waals surface area contributed by atoms with Gasteiger partial charge in [-0.1, -0.05) is 49.4 Å². The Balaban J connectivity index is 1.14. The quantitative estimate of drug-likeness (QED) is 0.491. The van der Waals surface area contributed by atoms with Crippen molar-refractivity contribution in [1.29, 1.82) is 0 Å². The van der Waals surface area contributed by atoms with Gasteiger partial charge in [-0.05, 0) is 24.1 Å². The molecule has 2 fully saturated rings. The lowest BCUT2D eigenvalue weighted by molar-refractivity contribution is -0.140. The summed E-state index contributed by atoms with van der Waals surface area (Å²) < 4.78 is 1.19. The van der Waals surface area contributed by atoms with Crippen LogP contribution >= 0.6 is 11.3 Å². The number of nitrogens with zero attached hydrogens (tertiary/aromatic N) is 4. The number of amides is 4. The molecular weight excluding hydrogens is 464 g/mol. The Kier molecular flexibility index (Phi) is 6.50. The van der Waals surface area contributed by atoms with Crippen molar-refractivity contribution in [3.63, 3.8) is 0 Å². The van der Waals surface area contributed by atoms with Gasteiger partial charge in [-0.15, -0.1) is 11.3 Å². The molecule has 2 N–H and O–H groups in total. The fraction of sp³-hybridized carbons (Fsp3) is 0.360. The van der Waals surface area contributed by atoms with Gasteiger partial charge in [-0.25, -0.2) is 9.78 Å². The number of urea groups is 1. The number of hydrogen-bond donors (Lipinski definition) is 2. The van der Waals surface area contributed by atoms with Crippen LogP contribution in [-0.2, 0) is 21.7 Å². The maximum absolute atomic E-state index is 13.2. The molecule has 3 heterocycles. The van der Waals surface area contributed by atoms with Crippen molar-refractivity contribution in [1.82, 2.24) is 30.5 Å². The van der Waals surface area contributed by atoms with Gasteiger partial charge in [0.25, 0.3) is 11.8 Å². The zero-order chi connectivity index (χ0) is 24.4. The number of para-hydroxylation sites is 1. The first kappa shape index (κ1) is 23.4. The molecule has 2 aromatic carbocycles. The minimum Gasteiger partial charge on any atom is -0.318 e. The van der Waals surface area contributed by atoms with Crippen molar-refractivity contribution in [3.8, 4) is 0 Å². The molecule has 0 aliphatic carbocycles. The van der Waals surface area contributed by atoms with Crippen LogP contribution in [-0.4, -0.2) is 70.4 Å². The summed E-state index contributed by atoms with van der Waals surface area (Å²) in [5.41, 5.74) is 3.08. The molecule has 9 nitrogen and oxygen atoms in total. The molecule has 3 aromatic rings. The SMILES string of the molecule is CC[C@@]1(c2ccccc2)NC(=O)N(NC(=O)CN2CCN(Cc3nc4ccccc4s3)CC2)C1=O. The highest BCUT2D eigenvalue weighted by molar-refractivity contribution is 7.18. The number of hydrazine groups is 1. The van der Waals surface area contributed by atoms with E-state index in [-0.39, 0.29) is 12.5 Å². The van der Waals surface area contributed by atoms with Crippen LogP contribution in [0.5, 0.6) is 0 Å². The minimum absolute atomic E-state index is 0.122. The third-order valence-electron chi connectivity index (χ3n) is 6.65. The Labute approximate surface area is 207 Å². The van der Waals surface area contributed by atoms with E-state index < -0.39 is 17.5 Å². The summed E-state index contributed by atoms with van der Waals surface area (Å²) in [7, 11) is 0. The van der Waals surface area contributed by atoms with E-state index >= 15 is 0 Å². The topological polar surface area (TPSA) is 97.9 Å². The van der Waals surface area contributed by atoms with Crippen LogP contribution in [0.2, 0.25) is 0 Å². The Hall–Kier alpha value is -3.34. The van der Waals surface area contributed by atoms with E-state index in [2.05, 4.69) is 21.7 Å². The Morgan fingerprint density at radius 1 is 1.03 bits per heavy atom. The fourth-order valence-electron chi connectivity index (χ4n) is 4.69. The maximum atomic E-state index is 13.2. The highest BCUT2D eigenvalue weighted by Gasteiger charge is 2.52. The average molecular weight is 493 g/mol. The number of fused-ring (bicyclic) bond motifs is 1. The van der Waals surface area contributed by atoms with Gasteiger partial charge in [0.15, 0.2) is 0 Å². The second-order valence-electron chi connectivity index (χ2n) is 8.86. The number of aromatic nitrogens is 1. The molecule has 4 amide bonds. The van der Waals surface area contributed by atoms with Crippen molar-refractivity contribution in [2.24, 2.45) is 0 Å². The number of benzene rings is 2. The van der Waals surface area contributed by atoms with E-state index in [9.17, 15) is 14.4 Å². The summed E-state index contributed by atoms with van der Waals surface area (Å²) >= 11 is 1.71. The fourth-order valence-corrected chi connectivity index (χ4v) is 5.70. The van der Waals surface area contributed by atoms with Gasteiger partial charge >= 0.3 is 6.03 Å². The second kappa shape index (κ2) is 9.73. The second-order valence-corrected chi connectivity index (χ2v) is 9.97. The Morgan fingerprint density at radius 3 is 2.43 bits per heavy atom. The lowest BCUT2D eigenvalue weighted by Crippen LogP contribution is -2.53. The van der Waals surface area contributed by atoms with Crippen LogP contribution in [0.3, 0.4) is 0 Å². The summed E-state index contributed by atoms with van der Waals surface area (Å²) in [6.07, 6.45) is 0.380. The molecule has 2 saturated heterocycles. The first-order chi connectivity index (χ1) is 17.0. The number of piperazine rings is 1. The monoisotopic (exact) mass is 492 g/mol. The Bertz CT molecular complexity index is 1210. The highest BCUT2D eigenvalue weighted by atomic mass is 32.1. The molecule has 1 atom stereocenters. The lowest BCUT2D eigenvalue weighted by atomic mass is 9.87. The third-order valence-corrected chi connectivity index (χ3v) is 7.68. The van der Waals surface area contributed by atoms with Crippen molar-refractivity contribution >= 4 is 39.4 Å². The number of imide groups is 1. The molecule has 0 radical (unpaired) electrons. The molecule has 0 spiro atoms. The van der Waals surface area contributed by atoms with Crippen molar-refractivity contribution in [2.45, 2.75) is 25.4 Å². The van der Waals surface area contributed by atoms with Gasteiger partial charge in [0.2, 0.25) is 0 Å². The molecule has 0 unspecified atom stereocenters. The van der Waals surface area contributed by atoms with Crippen molar-refractivity contribution in [2.75, 3.05) is 32.7 Å². The normalized spacial score (nSPS) is 21.5. The van der Waals surface area contributed by atoms with Crippen LogP contribution in [0.25, 0.3) is 10.2 Å². The molecule has 0 bridgehead atoms. The number of nitrogens with one attached hydrogen (secondary N) is 2. The summed E-state index contributed by atoms with van der Waals surface area (Å²) in [6, 6.07) is 16.6. The van der Waals surface area contributed by atoms with Crippen molar-refractivity contribution in [3.05, 3.63) is 65.2 Å². The average Bonchev–Trinajstić information content (AvgIpc) is 3.39. The van der Waals surface area contributed by atoms with E-state index in [1.54, 1.807) is 23.5 Å². The first-order valence-corrected chi connectivity index (χ1v) is 12.6. The van der Waals surface area contributed by atoms with E-state index in [1.807, 2.05) is 48.2 Å². The molecule has 5 rings (SSSR count). The Morgan fingerprint density at radius 2 is 1.71 bits per heavy atom. The van der Waals surface area contributed by atoms with Crippen LogP contribution < -0.4 is 10.7 Å². The molecule has 182 valence electrons. The summed E-state index contributed by atoms with van der Waals surface area (Å²) in [5.74, 6) is -0.849. The number of carbonyl (C=O) groups is 3. The number of thiazole rings is 1. The number of carbonyl (C=O) groups excluding carboxylic acids is 3. The van der Waals surface area contributed by atoms with Gasteiger partial charge in [0.1, 0.15) is 10.5 Å². The summed E-state index contributed by atoms with van der Waals surface area (Å²) in [6.45, 7) is 5.84. The molecule has 0 saturated carbocycles. The molecule has 10 heteroatoms. The number of hydrogen-bond acceptors (Lipinski definition) is 7. The van der Waals surface area contributed by atoms with Crippen LogP contribution in [0.15, 0.2) is 54.6 Å². The predicted octanol–water partition coefficient (Wildman–Crippen LogP) is 2.30. The molecule has 2 aliphatic rings. The van der Waals surface area contributed by atoms with Gasteiger partial charge in [0.05, 0.1) is 23.3 Å². The maximum Gasteiger partial charge on any atom is 0.344 e. The molecule has 35 heavy (non-hydrogen) atoms. The zero-order valence-corrected chi connectivity index (χ0v) is 20.4. The van der Waals surface area contributed by atoms with Gasteiger partial charge in [-0.2, -0.15) is 5.01 Å². The van der Waals surface area contributed by atoms with Crippen LogP contribution in [0, 0.1) is 0 Å². The third kappa shape index (κ3) is 4.64. The van der Waals surface area contributed by atoms with Crippen LogP contribution in [0.4, 0.5) is 4.79 Å². The number of rotatable bonds is 7. The summed E-state index contributed by atoms with van der Waals surface area (Å²) in [5, 5.41) is 4.69. The standard InChI is InChI=1S/C25H28N6O3S/c1-2-25(18-8-4-3-5-9-18)23(33)31(24(34)27-25)28-21(32)16-29-12-14-30(15-13-29)17-22-26-19-10-6-7-11-20(19)35-22/h3-11H,2,12-17H2,1H3,(H,27,34)(H,28,32)/t25-/m0/s1. The first-order valence-electron chi connectivity index (χ1n) is 11.8. The lowest BCUT2D eigenvalue weighted by Gasteiger charge is -2.34. The largest absolute Gasteiger partial charge is 0.344 e. The summed E-state index contributed by atoms with van der Waals surface area (Å²) in [4.78, 5) is 47.6. The molecule has 1 aromatic heterocycles. The van der Waals surface area contributed by atoms with Crippen molar-refractivity contribution < 1.29 is 14.4 Å². The molecular formula is C25H28N6O3S. The van der Waals surface area contributed by atoms with E-state index in [0.29, 0.717) is 12.0 Å². The van der Waals surface area contributed by atoms with E-state index in [0.717, 1.165) is 48.3 Å². The van der Waals surface area contributed by atoms with E-state index in [1.165, 1.54) is 4.70 Å². The molecule has 2 aliphatic heterocycles. The van der Waals surface area contributed by atoms with Gasteiger partial charge in [0, 0.05) is 26.2 Å².